The molecule has 0 rings (SSSR count). The molecule has 0 aliphatic heterocycles. The van der Waals surface area contributed by atoms with Gasteiger partial charge in [0.25, 0.3) is 0 Å². The highest BCUT2D eigenvalue weighted by Crippen LogP contribution is 1.93. The summed E-state index contributed by atoms with van der Waals surface area (Å²) in [4.78, 5) is 0. The molecule has 0 saturated heterocycles. The van der Waals surface area contributed by atoms with Crippen LogP contribution in [0.25, 0.3) is 0 Å². The summed E-state index contributed by atoms with van der Waals surface area (Å²) in [7, 11) is 0. The van der Waals surface area contributed by atoms with Gasteiger partial charge in [0, 0.05) is 0 Å². The second-order valence-electron chi connectivity index (χ2n) is 2.23. The smallest absolute Gasteiger partial charge is 0.0376 e. The van der Waals surface area contributed by atoms with Gasteiger partial charge in [0.2, 0.25) is 0 Å². The van der Waals surface area contributed by atoms with Gasteiger partial charge in [0.05, 0.1) is 0 Å². The maximum Gasteiger partial charge on any atom is -0.0376 e. The maximum atomic E-state index is 2.14. The van der Waals surface area contributed by atoms with Crippen molar-refractivity contribution < 1.29 is 0 Å². The molecule has 0 aliphatic rings. The summed E-state index contributed by atoms with van der Waals surface area (Å²) in [6.45, 7) is 6.27. The minimum atomic E-state index is 1.11. The van der Waals surface area contributed by atoms with Crippen LogP contribution in [0, 0.1) is 0 Å². The Morgan fingerprint density at radius 2 is 2.00 bits per heavy atom. The molecule has 0 N–H and O–H groups in total. The maximum absolute atomic E-state index is 2.14. The summed E-state index contributed by atoms with van der Waals surface area (Å²) in [5.41, 5.74) is 1.31. The van der Waals surface area contributed by atoms with Crippen LogP contribution in [0.2, 0.25) is 0 Å². The summed E-state index contributed by atoms with van der Waals surface area (Å²) < 4.78 is 0. The van der Waals surface area contributed by atoms with Gasteiger partial charge in [-0.25, -0.2) is 0 Å². The quantitative estimate of drug-likeness (QED) is 0.521. The third kappa shape index (κ3) is 5.36. The molecule has 0 bridgehead atoms. The van der Waals surface area contributed by atoms with E-state index in [1.165, 1.54) is 5.57 Å². The summed E-state index contributed by atoms with van der Waals surface area (Å²) >= 11 is 0. The van der Waals surface area contributed by atoms with Gasteiger partial charge in [0.15, 0.2) is 0 Å². The molecule has 0 fully saturated rings. The van der Waals surface area contributed by atoms with Crippen LogP contribution in [0.3, 0.4) is 0 Å². The molecule has 0 nitrogen and oxygen atoms in total. The van der Waals surface area contributed by atoms with Crippen LogP contribution >= 0.6 is 0 Å². The largest absolute Gasteiger partial charge is 0.0848 e. The summed E-state index contributed by atoms with van der Waals surface area (Å²) in [5, 5.41) is 0. The zero-order valence-electron chi connectivity index (χ0n) is 7.09. The second-order valence-corrected chi connectivity index (χ2v) is 2.23. The van der Waals surface area contributed by atoms with Gasteiger partial charge in [-0.15, -0.1) is 0 Å². The minimum absolute atomic E-state index is 1.11. The Kier molecular flexibility index (Phi) is 5.85. The topological polar surface area (TPSA) is 0 Å². The monoisotopic (exact) mass is 136 g/mol. The van der Waals surface area contributed by atoms with Crippen LogP contribution < -0.4 is 0 Å². The SMILES string of the molecule is C\C=C(C)/C=C\C=C/CC. The summed E-state index contributed by atoms with van der Waals surface area (Å²) in [5.74, 6) is 0. The van der Waals surface area contributed by atoms with Gasteiger partial charge in [0.1, 0.15) is 0 Å². The van der Waals surface area contributed by atoms with E-state index in [0.29, 0.717) is 0 Å². The van der Waals surface area contributed by atoms with Crippen molar-refractivity contribution in [2.45, 2.75) is 27.2 Å². The number of hydrogen-bond donors (Lipinski definition) is 0. The fraction of sp³-hybridized carbons (Fsp3) is 0.400. The van der Waals surface area contributed by atoms with E-state index in [9.17, 15) is 0 Å². The molecule has 0 heteroatoms. The number of rotatable bonds is 3. The van der Waals surface area contributed by atoms with Crippen LogP contribution in [0.15, 0.2) is 36.0 Å². The standard InChI is InChI=1S/C10H16/c1-4-6-7-8-9-10(3)5-2/h5-9H,4H2,1-3H3/b7-6-,9-8-,10-5-. The molecule has 56 valence electrons. The lowest BCUT2D eigenvalue weighted by Crippen LogP contribution is -1.62. The van der Waals surface area contributed by atoms with Crippen LogP contribution in [0.1, 0.15) is 27.2 Å². The lowest BCUT2D eigenvalue weighted by atomic mass is 10.2. The van der Waals surface area contributed by atoms with Crippen molar-refractivity contribution in [1.29, 1.82) is 0 Å². The highest BCUT2D eigenvalue weighted by atomic mass is 13.8. The lowest BCUT2D eigenvalue weighted by molar-refractivity contribution is 1.22. The van der Waals surface area contributed by atoms with Gasteiger partial charge in [-0.3, -0.25) is 0 Å². The van der Waals surface area contributed by atoms with Crippen molar-refractivity contribution >= 4 is 0 Å². The van der Waals surface area contributed by atoms with E-state index >= 15 is 0 Å². The van der Waals surface area contributed by atoms with Crippen molar-refractivity contribution in [3.63, 3.8) is 0 Å². The zero-order valence-corrected chi connectivity index (χ0v) is 7.09. The van der Waals surface area contributed by atoms with Crippen molar-refractivity contribution in [2.75, 3.05) is 0 Å². The van der Waals surface area contributed by atoms with Gasteiger partial charge >= 0.3 is 0 Å². The van der Waals surface area contributed by atoms with Crippen LogP contribution in [-0.2, 0) is 0 Å². The Labute approximate surface area is 64.0 Å². The van der Waals surface area contributed by atoms with Crippen molar-refractivity contribution in [3.05, 3.63) is 36.0 Å². The molecule has 0 aliphatic carbocycles. The average molecular weight is 136 g/mol. The van der Waals surface area contributed by atoms with E-state index in [1.54, 1.807) is 0 Å². The number of hydrogen-bond acceptors (Lipinski definition) is 0. The predicted molar refractivity (Wildman–Crippen MR) is 48.0 cm³/mol. The molecule has 0 aromatic rings. The molecule has 0 spiro atoms. The Morgan fingerprint density at radius 3 is 2.50 bits per heavy atom. The molecule has 0 amide bonds. The molecule has 0 unspecified atom stereocenters. The fourth-order valence-electron chi connectivity index (χ4n) is 0.518. The fourth-order valence-corrected chi connectivity index (χ4v) is 0.518. The highest BCUT2D eigenvalue weighted by molar-refractivity contribution is 5.19. The van der Waals surface area contributed by atoms with E-state index in [-0.39, 0.29) is 0 Å². The molecule has 0 atom stereocenters. The first kappa shape index (κ1) is 9.22. The molecule has 10 heavy (non-hydrogen) atoms. The van der Waals surface area contributed by atoms with Gasteiger partial charge in [-0.1, -0.05) is 42.9 Å². The Hall–Kier alpha value is -0.780. The van der Waals surface area contributed by atoms with Gasteiger partial charge in [-0.2, -0.15) is 0 Å². The Balaban J connectivity index is 3.66. The van der Waals surface area contributed by atoms with Gasteiger partial charge < -0.3 is 0 Å². The zero-order chi connectivity index (χ0) is 7.82. The predicted octanol–water partition coefficient (Wildman–Crippen LogP) is 3.48. The number of allylic oxidation sites excluding steroid dienone is 6. The van der Waals surface area contributed by atoms with Crippen LogP contribution in [0.5, 0.6) is 0 Å². The lowest BCUT2D eigenvalue weighted by Gasteiger charge is -1.83. The van der Waals surface area contributed by atoms with Crippen LogP contribution in [-0.4, -0.2) is 0 Å². The molecule has 0 aromatic heterocycles. The molecule has 0 saturated carbocycles. The van der Waals surface area contributed by atoms with Crippen molar-refractivity contribution in [3.8, 4) is 0 Å². The summed E-state index contributed by atoms with van der Waals surface area (Å²) in [6, 6.07) is 0. The summed E-state index contributed by atoms with van der Waals surface area (Å²) in [6.07, 6.45) is 11.6. The molecule has 0 heterocycles. The highest BCUT2D eigenvalue weighted by Gasteiger charge is 1.72. The Bertz CT molecular complexity index is 147. The van der Waals surface area contributed by atoms with Gasteiger partial charge in [-0.05, 0) is 20.3 Å². The van der Waals surface area contributed by atoms with E-state index in [4.69, 9.17) is 0 Å². The third-order valence-corrected chi connectivity index (χ3v) is 1.30. The van der Waals surface area contributed by atoms with E-state index in [0.717, 1.165) is 6.42 Å². The first-order chi connectivity index (χ1) is 4.81. The second kappa shape index (κ2) is 6.34. The Morgan fingerprint density at radius 1 is 1.30 bits per heavy atom. The molecule has 0 aromatic carbocycles. The first-order valence-electron chi connectivity index (χ1n) is 3.77. The molecular formula is C10H16. The van der Waals surface area contributed by atoms with Crippen molar-refractivity contribution in [1.82, 2.24) is 0 Å². The van der Waals surface area contributed by atoms with E-state index in [2.05, 4.69) is 44.2 Å². The molecule has 0 radical (unpaired) electrons. The third-order valence-electron chi connectivity index (χ3n) is 1.30. The first-order valence-corrected chi connectivity index (χ1v) is 3.77. The van der Waals surface area contributed by atoms with E-state index < -0.39 is 0 Å². The minimum Gasteiger partial charge on any atom is -0.0848 e. The normalized spacial score (nSPS) is 13.7. The average Bonchev–Trinajstić information content (AvgIpc) is 1.98. The van der Waals surface area contributed by atoms with E-state index in [1.807, 2.05) is 6.92 Å². The van der Waals surface area contributed by atoms with Crippen molar-refractivity contribution in [2.24, 2.45) is 0 Å². The van der Waals surface area contributed by atoms with Crippen LogP contribution in [0.4, 0.5) is 0 Å². The molecular weight excluding hydrogens is 120 g/mol.